The number of hydrogen-bond acceptors (Lipinski definition) is 4. The quantitative estimate of drug-likeness (QED) is 0.461. The maximum Gasteiger partial charge on any atom is 0.295 e. The van der Waals surface area contributed by atoms with Crippen LogP contribution >= 0.6 is 27.5 Å². The molecule has 0 unspecified atom stereocenters. The highest BCUT2D eigenvalue weighted by Crippen LogP contribution is 2.18. The van der Waals surface area contributed by atoms with Gasteiger partial charge in [0.15, 0.2) is 6.54 Å². The van der Waals surface area contributed by atoms with Gasteiger partial charge in [-0.2, -0.15) is 9.41 Å². The number of piperazine rings is 1. The number of carbonyl (C=O) groups is 1. The first-order valence-corrected chi connectivity index (χ1v) is 11.6. The minimum absolute atomic E-state index is 0.220. The molecule has 7 nitrogen and oxygen atoms in total. The molecule has 1 aliphatic rings. The molecule has 1 fully saturated rings. The Kier molecular flexibility index (Phi) is 7.42. The van der Waals surface area contributed by atoms with Crippen molar-refractivity contribution in [2.75, 3.05) is 32.7 Å². The number of hydrogen-bond donors (Lipinski definition) is 2. The van der Waals surface area contributed by atoms with Crippen LogP contribution in [0.15, 0.2) is 63.0 Å². The fourth-order valence-corrected chi connectivity index (χ4v) is 4.91. The number of quaternary nitrogens is 1. The SMILES string of the molecule is O=C(C[NH+]1CCN(S(=O)(=O)c2ccc(Br)cc2)CC1)N/N=C/c1cccc(Cl)c1. The van der Waals surface area contributed by atoms with E-state index in [9.17, 15) is 13.2 Å². The summed E-state index contributed by atoms with van der Waals surface area (Å²) >= 11 is 9.21. The molecule has 0 atom stereocenters. The van der Waals surface area contributed by atoms with Gasteiger partial charge in [-0.1, -0.05) is 39.7 Å². The van der Waals surface area contributed by atoms with Gasteiger partial charge in [-0.05, 0) is 42.0 Å². The van der Waals surface area contributed by atoms with Crippen LogP contribution < -0.4 is 10.3 Å². The lowest BCUT2D eigenvalue weighted by Crippen LogP contribution is -3.15. The fraction of sp³-hybridized carbons (Fsp3) is 0.263. The van der Waals surface area contributed by atoms with E-state index in [1.165, 1.54) is 10.5 Å². The van der Waals surface area contributed by atoms with Crippen molar-refractivity contribution >= 4 is 49.7 Å². The summed E-state index contributed by atoms with van der Waals surface area (Å²) < 4.78 is 27.7. The van der Waals surface area contributed by atoms with Crippen LogP contribution in [0.5, 0.6) is 0 Å². The smallest absolute Gasteiger partial charge is 0.295 e. The van der Waals surface area contributed by atoms with Crippen LogP contribution in [0.25, 0.3) is 0 Å². The molecule has 154 valence electrons. The summed E-state index contributed by atoms with van der Waals surface area (Å²) in [7, 11) is -3.51. The minimum atomic E-state index is -3.51. The third-order valence-corrected chi connectivity index (χ3v) is 7.22. The molecule has 0 saturated carbocycles. The molecule has 0 bridgehead atoms. The third kappa shape index (κ3) is 6.10. The summed E-state index contributed by atoms with van der Waals surface area (Å²) in [5.41, 5.74) is 3.29. The van der Waals surface area contributed by atoms with Crippen LogP contribution in [-0.2, 0) is 14.8 Å². The molecule has 2 aromatic carbocycles. The lowest BCUT2D eigenvalue weighted by Gasteiger charge is -2.31. The van der Waals surface area contributed by atoms with Gasteiger partial charge in [0.25, 0.3) is 5.91 Å². The maximum absolute atomic E-state index is 12.7. The van der Waals surface area contributed by atoms with E-state index in [1.54, 1.807) is 42.5 Å². The van der Waals surface area contributed by atoms with Crippen LogP contribution in [0, 0.1) is 0 Å². The first-order valence-electron chi connectivity index (χ1n) is 9.01. The Bertz CT molecular complexity index is 991. The number of benzene rings is 2. The molecule has 0 radical (unpaired) electrons. The predicted octanol–water partition coefficient (Wildman–Crippen LogP) is 1.14. The van der Waals surface area contributed by atoms with E-state index in [0.717, 1.165) is 14.9 Å². The van der Waals surface area contributed by atoms with E-state index in [-0.39, 0.29) is 17.3 Å². The second-order valence-corrected chi connectivity index (χ2v) is 9.92. The van der Waals surface area contributed by atoms with Crippen molar-refractivity contribution in [2.45, 2.75) is 4.90 Å². The van der Waals surface area contributed by atoms with Gasteiger partial charge in [0.2, 0.25) is 10.0 Å². The molecule has 2 aromatic rings. The zero-order valence-electron chi connectivity index (χ0n) is 15.5. The molecular weight excluding hydrogens is 480 g/mol. The Morgan fingerprint density at radius 3 is 2.55 bits per heavy atom. The molecular formula is C19H21BrClN4O3S+. The van der Waals surface area contributed by atoms with Gasteiger partial charge < -0.3 is 4.90 Å². The topological polar surface area (TPSA) is 83.3 Å². The molecule has 10 heteroatoms. The largest absolute Gasteiger partial charge is 0.325 e. The van der Waals surface area contributed by atoms with Gasteiger partial charge in [0.05, 0.1) is 37.3 Å². The summed E-state index contributed by atoms with van der Waals surface area (Å²) in [4.78, 5) is 13.4. The normalized spacial score (nSPS) is 16.2. The number of amides is 1. The van der Waals surface area contributed by atoms with Gasteiger partial charge in [-0.3, -0.25) is 4.79 Å². The molecule has 1 heterocycles. The zero-order chi connectivity index (χ0) is 20.9. The number of sulfonamides is 1. The number of carbonyl (C=O) groups excluding carboxylic acids is 1. The summed E-state index contributed by atoms with van der Waals surface area (Å²) in [5.74, 6) is -0.220. The highest BCUT2D eigenvalue weighted by atomic mass is 79.9. The lowest BCUT2D eigenvalue weighted by molar-refractivity contribution is -0.895. The molecule has 1 saturated heterocycles. The first kappa shape index (κ1) is 21.9. The highest BCUT2D eigenvalue weighted by molar-refractivity contribution is 9.10. The van der Waals surface area contributed by atoms with Gasteiger partial charge in [0, 0.05) is 9.50 Å². The van der Waals surface area contributed by atoms with Crippen molar-refractivity contribution < 1.29 is 18.1 Å². The van der Waals surface area contributed by atoms with E-state index in [0.29, 0.717) is 31.2 Å². The Labute approximate surface area is 183 Å². The van der Waals surface area contributed by atoms with Crippen molar-refractivity contribution in [3.8, 4) is 0 Å². The standard InChI is InChI=1S/C19H20BrClN4O3S/c20-16-4-6-18(7-5-16)29(27,28)25-10-8-24(9-11-25)14-19(26)23-22-13-15-2-1-3-17(21)12-15/h1-7,12-13H,8-11,14H2,(H,23,26)/p+1/b22-13+. The van der Waals surface area contributed by atoms with E-state index in [2.05, 4.69) is 26.5 Å². The second-order valence-electron chi connectivity index (χ2n) is 6.63. The Hall–Kier alpha value is -1.78. The Balaban J connectivity index is 1.48. The van der Waals surface area contributed by atoms with Gasteiger partial charge >= 0.3 is 0 Å². The van der Waals surface area contributed by atoms with E-state index in [1.807, 2.05) is 6.07 Å². The van der Waals surface area contributed by atoms with Crippen molar-refractivity contribution in [3.63, 3.8) is 0 Å². The molecule has 0 aliphatic carbocycles. The number of halogens is 2. The Morgan fingerprint density at radius 2 is 1.90 bits per heavy atom. The average molecular weight is 501 g/mol. The minimum Gasteiger partial charge on any atom is -0.325 e. The van der Waals surface area contributed by atoms with Crippen LogP contribution in [-0.4, -0.2) is 57.6 Å². The average Bonchev–Trinajstić information content (AvgIpc) is 2.69. The van der Waals surface area contributed by atoms with Crippen molar-refractivity contribution in [2.24, 2.45) is 5.10 Å². The fourth-order valence-electron chi connectivity index (χ4n) is 3.01. The Morgan fingerprint density at radius 1 is 1.21 bits per heavy atom. The molecule has 2 N–H and O–H groups in total. The van der Waals surface area contributed by atoms with Crippen LogP contribution in [0.1, 0.15) is 5.56 Å². The summed E-state index contributed by atoms with van der Waals surface area (Å²) in [6.45, 7) is 2.08. The van der Waals surface area contributed by atoms with Crippen molar-refractivity contribution in [1.82, 2.24) is 9.73 Å². The van der Waals surface area contributed by atoms with Crippen LogP contribution in [0.2, 0.25) is 5.02 Å². The zero-order valence-corrected chi connectivity index (χ0v) is 18.7. The monoisotopic (exact) mass is 499 g/mol. The van der Waals surface area contributed by atoms with E-state index < -0.39 is 10.0 Å². The van der Waals surface area contributed by atoms with Crippen LogP contribution in [0.4, 0.5) is 0 Å². The van der Waals surface area contributed by atoms with E-state index in [4.69, 9.17) is 11.6 Å². The summed E-state index contributed by atoms with van der Waals surface area (Å²) in [6.07, 6.45) is 1.53. The molecule has 1 amide bonds. The molecule has 1 aliphatic heterocycles. The highest BCUT2D eigenvalue weighted by Gasteiger charge is 2.31. The summed E-state index contributed by atoms with van der Waals surface area (Å²) in [5, 5.41) is 4.54. The van der Waals surface area contributed by atoms with Gasteiger partial charge in [-0.15, -0.1) is 0 Å². The number of rotatable bonds is 6. The lowest BCUT2D eigenvalue weighted by atomic mass is 10.2. The number of nitrogens with one attached hydrogen (secondary N) is 2. The van der Waals surface area contributed by atoms with Crippen molar-refractivity contribution in [1.29, 1.82) is 0 Å². The number of nitrogens with zero attached hydrogens (tertiary/aromatic N) is 2. The second kappa shape index (κ2) is 9.82. The number of hydrazone groups is 1. The van der Waals surface area contributed by atoms with Crippen LogP contribution in [0.3, 0.4) is 0 Å². The predicted molar refractivity (Wildman–Crippen MR) is 116 cm³/mol. The molecule has 0 spiro atoms. The van der Waals surface area contributed by atoms with Crippen molar-refractivity contribution in [3.05, 3.63) is 63.6 Å². The van der Waals surface area contributed by atoms with E-state index >= 15 is 0 Å². The molecule has 0 aromatic heterocycles. The molecule has 3 rings (SSSR count). The van der Waals surface area contributed by atoms with Gasteiger partial charge in [-0.25, -0.2) is 13.8 Å². The maximum atomic E-state index is 12.7. The third-order valence-electron chi connectivity index (χ3n) is 4.54. The van der Waals surface area contributed by atoms with Gasteiger partial charge in [0.1, 0.15) is 0 Å². The first-order chi connectivity index (χ1) is 13.8. The summed E-state index contributed by atoms with van der Waals surface area (Å²) in [6, 6.07) is 13.7. The molecule has 29 heavy (non-hydrogen) atoms.